The molecule has 1 aromatic carbocycles. The highest BCUT2D eigenvalue weighted by Gasteiger charge is 2.01. The van der Waals surface area contributed by atoms with Crippen molar-refractivity contribution in [2.75, 3.05) is 23.7 Å². The van der Waals surface area contributed by atoms with Gasteiger partial charge in [-0.15, -0.1) is 0 Å². The zero-order chi connectivity index (χ0) is 15.6. The summed E-state index contributed by atoms with van der Waals surface area (Å²) in [5.41, 5.74) is 0.710. The molecule has 1 aromatic heterocycles. The van der Waals surface area contributed by atoms with Crippen LogP contribution in [0.1, 0.15) is 31.7 Å². The van der Waals surface area contributed by atoms with E-state index >= 15 is 0 Å². The molecule has 0 unspecified atom stereocenters. The molecule has 0 aliphatic carbocycles. The number of halogens is 1. The van der Waals surface area contributed by atoms with Gasteiger partial charge in [-0.05, 0) is 24.5 Å². The maximum atomic E-state index is 13.5. The minimum absolute atomic E-state index is 0.162. The van der Waals surface area contributed by atoms with Gasteiger partial charge in [-0.3, -0.25) is 0 Å². The Labute approximate surface area is 131 Å². The Morgan fingerprint density at radius 2 is 1.73 bits per heavy atom. The Kier molecular flexibility index (Phi) is 6.61. The van der Waals surface area contributed by atoms with Crippen LogP contribution in [0.3, 0.4) is 0 Å². The van der Waals surface area contributed by atoms with Gasteiger partial charge in [0.15, 0.2) is 0 Å². The number of anilines is 2. The standard InChI is InChI=1S/C17H23FN4/c1-2-3-6-10-19-16-12-17(22-13-21-16)20-11-9-14-7-4-5-8-15(14)18/h4-5,7-8,12-13H,2-3,6,9-11H2,1H3,(H2,19,20,21,22). The van der Waals surface area contributed by atoms with E-state index in [0.717, 1.165) is 24.6 Å². The molecule has 0 fully saturated rings. The van der Waals surface area contributed by atoms with E-state index in [-0.39, 0.29) is 5.82 Å². The molecule has 1 heterocycles. The number of unbranched alkanes of at least 4 members (excludes halogenated alkanes) is 2. The van der Waals surface area contributed by atoms with Gasteiger partial charge in [0.25, 0.3) is 0 Å². The smallest absolute Gasteiger partial charge is 0.131 e. The van der Waals surface area contributed by atoms with Gasteiger partial charge in [0, 0.05) is 19.2 Å². The van der Waals surface area contributed by atoms with Gasteiger partial charge in [-0.2, -0.15) is 0 Å². The average molecular weight is 302 g/mol. The quantitative estimate of drug-likeness (QED) is 0.690. The lowest BCUT2D eigenvalue weighted by Gasteiger charge is -2.09. The molecule has 0 amide bonds. The zero-order valence-electron chi connectivity index (χ0n) is 13.0. The summed E-state index contributed by atoms with van der Waals surface area (Å²) in [6.07, 6.45) is 5.71. The molecule has 0 aliphatic rings. The first-order chi connectivity index (χ1) is 10.8. The summed E-state index contributed by atoms with van der Waals surface area (Å²) < 4.78 is 13.5. The van der Waals surface area contributed by atoms with Crippen molar-refractivity contribution < 1.29 is 4.39 Å². The van der Waals surface area contributed by atoms with E-state index < -0.39 is 0 Å². The highest BCUT2D eigenvalue weighted by molar-refractivity contribution is 5.46. The number of nitrogens with one attached hydrogen (secondary N) is 2. The van der Waals surface area contributed by atoms with Gasteiger partial charge in [0.1, 0.15) is 23.8 Å². The molecule has 2 aromatic rings. The number of hydrogen-bond acceptors (Lipinski definition) is 4. The molecule has 22 heavy (non-hydrogen) atoms. The molecule has 0 saturated carbocycles. The summed E-state index contributed by atoms with van der Waals surface area (Å²) in [4.78, 5) is 8.38. The van der Waals surface area contributed by atoms with Crippen LogP contribution in [0.4, 0.5) is 16.0 Å². The van der Waals surface area contributed by atoms with Crippen LogP contribution in [0, 0.1) is 5.82 Å². The van der Waals surface area contributed by atoms with E-state index in [2.05, 4.69) is 27.5 Å². The van der Waals surface area contributed by atoms with Crippen LogP contribution in [-0.4, -0.2) is 23.1 Å². The Morgan fingerprint density at radius 1 is 1.00 bits per heavy atom. The highest BCUT2D eigenvalue weighted by atomic mass is 19.1. The van der Waals surface area contributed by atoms with E-state index in [0.29, 0.717) is 18.5 Å². The van der Waals surface area contributed by atoms with Gasteiger partial charge in [0.2, 0.25) is 0 Å². The molecule has 0 atom stereocenters. The van der Waals surface area contributed by atoms with Crippen LogP contribution < -0.4 is 10.6 Å². The molecule has 0 spiro atoms. The SMILES string of the molecule is CCCCCNc1cc(NCCc2ccccc2F)ncn1. The predicted octanol–water partition coefficient (Wildman–Crippen LogP) is 3.87. The average Bonchev–Trinajstić information content (AvgIpc) is 2.54. The van der Waals surface area contributed by atoms with Gasteiger partial charge < -0.3 is 10.6 Å². The fraction of sp³-hybridized carbons (Fsp3) is 0.412. The Balaban J connectivity index is 1.79. The van der Waals surface area contributed by atoms with Crippen LogP contribution in [0.25, 0.3) is 0 Å². The monoisotopic (exact) mass is 302 g/mol. The molecular weight excluding hydrogens is 279 g/mol. The molecule has 0 aliphatic heterocycles. The van der Waals surface area contributed by atoms with E-state index in [9.17, 15) is 4.39 Å². The topological polar surface area (TPSA) is 49.8 Å². The van der Waals surface area contributed by atoms with Crippen molar-refractivity contribution in [3.63, 3.8) is 0 Å². The zero-order valence-corrected chi connectivity index (χ0v) is 13.0. The molecule has 5 heteroatoms. The summed E-state index contributed by atoms with van der Waals surface area (Å²) in [5.74, 6) is 1.41. The van der Waals surface area contributed by atoms with E-state index in [1.165, 1.54) is 25.2 Å². The lowest BCUT2D eigenvalue weighted by Crippen LogP contribution is -2.09. The van der Waals surface area contributed by atoms with Crippen LogP contribution in [-0.2, 0) is 6.42 Å². The van der Waals surface area contributed by atoms with Gasteiger partial charge in [-0.1, -0.05) is 38.0 Å². The van der Waals surface area contributed by atoms with Crippen molar-refractivity contribution in [3.8, 4) is 0 Å². The Hall–Kier alpha value is -2.17. The van der Waals surface area contributed by atoms with Gasteiger partial charge >= 0.3 is 0 Å². The number of rotatable bonds is 9. The third-order valence-electron chi connectivity index (χ3n) is 3.41. The largest absolute Gasteiger partial charge is 0.370 e. The van der Waals surface area contributed by atoms with Crippen molar-refractivity contribution in [3.05, 3.63) is 48.0 Å². The summed E-state index contributed by atoms with van der Waals surface area (Å²) in [7, 11) is 0. The normalized spacial score (nSPS) is 10.5. The Morgan fingerprint density at radius 3 is 2.45 bits per heavy atom. The van der Waals surface area contributed by atoms with Crippen LogP contribution in [0.5, 0.6) is 0 Å². The maximum Gasteiger partial charge on any atom is 0.131 e. The van der Waals surface area contributed by atoms with Crippen molar-refractivity contribution in [1.29, 1.82) is 0 Å². The molecule has 0 radical (unpaired) electrons. The third-order valence-corrected chi connectivity index (χ3v) is 3.41. The van der Waals surface area contributed by atoms with Crippen LogP contribution in [0.2, 0.25) is 0 Å². The second-order valence-electron chi connectivity index (χ2n) is 5.19. The number of aromatic nitrogens is 2. The first kappa shape index (κ1) is 16.2. The van der Waals surface area contributed by atoms with Crippen molar-refractivity contribution in [2.24, 2.45) is 0 Å². The predicted molar refractivity (Wildman–Crippen MR) is 88.6 cm³/mol. The summed E-state index contributed by atoms with van der Waals surface area (Å²) in [6, 6.07) is 8.72. The van der Waals surface area contributed by atoms with Crippen molar-refractivity contribution >= 4 is 11.6 Å². The number of hydrogen-bond donors (Lipinski definition) is 2. The van der Waals surface area contributed by atoms with Crippen LogP contribution >= 0.6 is 0 Å². The molecule has 0 bridgehead atoms. The summed E-state index contributed by atoms with van der Waals surface area (Å²) >= 11 is 0. The van der Waals surface area contributed by atoms with Gasteiger partial charge in [0.05, 0.1) is 0 Å². The lowest BCUT2D eigenvalue weighted by atomic mass is 10.1. The van der Waals surface area contributed by atoms with E-state index in [4.69, 9.17) is 0 Å². The number of nitrogens with zero attached hydrogens (tertiary/aromatic N) is 2. The molecule has 118 valence electrons. The maximum absolute atomic E-state index is 13.5. The molecular formula is C17H23FN4. The molecule has 4 nitrogen and oxygen atoms in total. The van der Waals surface area contributed by atoms with Gasteiger partial charge in [-0.25, -0.2) is 14.4 Å². The minimum Gasteiger partial charge on any atom is -0.370 e. The summed E-state index contributed by atoms with van der Waals surface area (Å²) in [6.45, 7) is 3.73. The second-order valence-corrected chi connectivity index (χ2v) is 5.19. The molecule has 0 saturated heterocycles. The highest BCUT2D eigenvalue weighted by Crippen LogP contribution is 2.11. The minimum atomic E-state index is -0.162. The van der Waals surface area contributed by atoms with E-state index in [1.807, 2.05) is 12.1 Å². The number of benzene rings is 1. The van der Waals surface area contributed by atoms with Crippen molar-refractivity contribution in [1.82, 2.24) is 9.97 Å². The van der Waals surface area contributed by atoms with E-state index in [1.54, 1.807) is 12.1 Å². The fourth-order valence-electron chi connectivity index (χ4n) is 2.17. The lowest BCUT2D eigenvalue weighted by molar-refractivity contribution is 0.610. The first-order valence-electron chi connectivity index (χ1n) is 7.83. The van der Waals surface area contributed by atoms with Crippen LogP contribution in [0.15, 0.2) is 36.7 Å². The molecule has 2 N–H and O–H groups in total. The Bertz CT molecular complexity index is 574. The fourth-order valence-corrected chi connectivity index (χ4v) is 2.17. The second kappa shape index (κ2) is 8.97. The third kappa shape index (κ3) is 5.31. The molecule has 2 rings (SSSR count). The summed E-state index contributed by atoms with van der Waals surface area (Å²) in [5, 5.41) is 6.49. The first-order valence-corrected chi connectivity index (χ1v) is 7.83. The van der Waals surface area contributed by atoms with Crippen molar-refractivity contribution in [2.45, 2.75) is 32.6 Å².